The van der Waals surface area contributed by atoms with Crippen LogP contribution in [0.25, 0.3) is 0 Å². The fourth-order valence-corrected chi connectivity index (χ4v) is 2.39. The lowest BCUT2D eigenvalue weighted by Gasteiger charge is -2.33. The number of benzene rings is 1. The van der Waals surface area contributed by atoms with E-state index >= 15 is 0 Å². The molecule has 6 nitrogen and oxygen atoms in total. The third-order valence-corrected chi connectivity index (χ3v) is 3.36. The first kappa shape index (κ1) is 14.4. The van der Waals surface area contributed by atoms with E-state index in [-0.39, 0.29) is 24.4 Å². The third kappa shape index (κ3) is 2.63. The Morgan fingerprint density at radius 2 is 2.09 bits per heavy atom. The zero-order chi connectivity index (χ0) is 15.7. The van der Waals surface area contributed by atoms with Crippen LogP contribution in [0.1, 0.15) is 23.4 Å². The molecule has 8 heteroatoms. The lowest BCUT2D eigenvalue weighted by molar-refractivity contribution is 0.0322. The number of aryl methyl sites for hydroxylation is 1. The van der Waals surface area contributed by atoms with Crippen molar-refractivity contribution in [1.29, 1.82) is 5.26 Å². The van der Waals surface area contributed by atoms with Crippen LogP contribution in [0.4, 0.5) is 14.5 Å². The lowest BCUT2D eigenvalue weighted by atomic mass is 10.1. The molecule has 1 saturated heterocycles. The second-order valence-corrected chi connectivity index (χ2v) is 4.88. The van der Waals surface area contributed by atoms with Crippen molar-refractivity contribution in [2.75, 3.05) is 24.6 Å². The molecule has 0 bridgehead atoms. The number of nitrogens with zero attached hydrogens (tertiary/aromatic N) is 4. The van der Waals surface area contributed by atoms with Crippen molar-refractivity contribution in [3.05, 3.63) is 41.0 Å². The zero-order valence-corrected chi connectivity index (χ0v) is 11.7. The van der Waals surface area contributed by atoms with Crippen molar-refractivity contribution in [1.82, 2.24) is 10.1 Å². The minimum atomic E-state index is -0.776. The topological polar surface area (TPSA) is 75.2 Å². The maximum absolute atomic E-state index is 14.1. The normalized spacial score (nSPS) is 18.3. The van der Waals surface area contributed by atoms with Gasteiger partial charge in [-0.1, -0.05) is 5.16 Å². The van der Waals surface area contributed by atoms with Gasteiger partial charge in [0.2, 0.25) is 11.7 Å². The van der Waals surface area contributed by atoms with Crippen LogP contribution >= 0.6 is 0 Å². The number of hydrogen-bond acceptors (Lipinski definition) is 6. The van der Waals surface area contributed by atoms with E-state index < -0.39 is 17.7 Å². The molecule has 1 aliphatic heterocycles. The van der Waals surface area contributed by atoms with E-state index in [1.165, 1.54) is 4.90 Å². The number of ether oxygens (including phenoxy) is 1. The Kier molecular flexibility index (Phi) is 3.73. The van der Waals surface area contributed by atoms with E-state index in [9.17, 15) is 8.78 Å². The van der Waals surface area contributed by atoms with Crippen LogP contribution in [-0.2, 0) is 4.74 Å². The highest BCUT2D eigenvalue weighted by atomic mass is 19.1. The summed E-state index contributed by atoms with van der Waals surface area (Å²) in [6.07, 6.45) is -0.527. The van der Waals surface area contributed by atoms with Crippen LogP contribution in [0.5, 0.6) is 0 Å². The van der Waals surface area contributed by atoms with Gasteiger partial charge in [-0.15, -0.1) is 0 Å². The van der Waals surface area contributed by atoms with Crippen LogP contribution in [-0.4, -0.2) is 29.8 Å². The van der Waals surface area contributed by atoms with Crippen LogP contribution in [0.3, 0.4) is 0 Å². The quantitative estimate of drug-likeness (QED) is 0.846. The zero-order valence-electron chi connectivity index (χ0n) is 11.7. The summed E-state index contributed by atoms with van der Waals surface area (Å²) in [5.74, 6) is -0.814. The van der Waals surface area contributed by atoms with Gasteiger partial charge in [0.05, 0.1) is 24.8 Å². The number of anilines is 1. The van der Waals surface area contributed by atoms with Crippen molar-refractivity contribution in [3.8, 4) is 6.07 Å². The van der Waals surface area contributed by atoms with Crippen molar-refractivity contribution >= 4 is 5.69 Å². The fourth-order valence-electron chi connectivity index (χ4n) is 2.39. The summed E-state index contributed by atoms with van der Waals surface area (Å²) in [5.41, 5.74) is -0.232. The van der Waals surface area contributed by atoms with Gasteiger partial charge in [-0.2, -0.15) is 10.2 Å². The van der Waals surface area contributed by atoms with Gasteiger partial charge in [0, 0.05) is 13.5 Å². The molecule has 3 rings (SSSR count). The molecule has 1 atom stereocenters. The first-order chi connectivity index (χ1) is 10.6. The number of morpholine rings is 1. The molecule has 1 aromatic heterocycles. The summed E-state index contributed by atoms with van der Waals surface area (Å²) in [5, 5.41) is 12.5. The number of halogens is 2. The molecule has 1 aromatic carbocycles. The Labute approximate surface area is 124 Å². The Morgan fingerprint density at radius 1 is 1.36 bits per heavy atom. The molecule has 0 spiro atoms. The average Bonchev–Trinajstić information content (AvgIpc) is 2.93. The SMILES string of the molecule is Cc1nc(C2CN(c3c(F)cc(C#N)cc3F)CCO2)no1. The van der Waals surface area contributed by atoms with Gasteiger partial charge in [-0.25, -0.2) is 8.78 Å². The van der Waals surface area contributed by atoms with E-state index in [1.807, 2.05) is 0 Å². The van der Waals surface area contributed by atoms with Gasteiger partial charge in [0.25, 0.3) is 0 Å². The van der Waals surface area contributed by atoms with Gasteiger partial charge in [0.15, 0.2) is 11.6 Å². The third-order valence-electron chi connectivity index (χ3n) is 3.36. The molecule has 0 saturated carbocycles. The molecule has 1 fully saturated rings. The molecule has 1 unspecified atom stereocenters. The second-order valence-electron chi connectivity index (χ2n) is 4.88. The van der Waals surface area contributed by atoms with Crippen molar-refractivity contribution in [3.63, 3.8) is 0 Å². The van der Waals surface area contributed by atoms with Crippen molar-refractivity contribution < 1.29 is 18.0 Å². The van der Waals surface area contributed by atoms with Crippen LogP contribution in [0, 0.1) is 29.9 Å². The molecule has 114 valence electrons. The van der Waals surface area contributed by atoms with E-state index in [4.69, 9.17) is 14.5 Å². The highest BCUT2D eigenvalue weighted by Gasteiger charge is 2.29. The summed E-state index contributed by atoms with van der Waals surface area (Å²) in [6.45, 7) is 2.44. The van der Waals surface area contributed by atoms with Gasteiger partial charge >= 0.3 is 0 Å². The van der Waals surface area contributed by atoms with E-state index in [0.29, 0.717) is 18.3 Å². The predicted octanol–water partition coefficient (Wildman–Crippen LogP) is 2.11. The second kappa shape index (κ2) is 5.69. The summed E-state index contributed by atoms with van der Waals surface area (Å²) < 4.78 is 38.6. The standard InChI is InChI=1S/C14H12F2N4O2/c1-8-18-14(19-22-8)12-7-20(2-3-21-12)13-10(15)4-9(6-17)5-11(13)16/h4-5,12H,2-3,7H2,1H3. The molecule has 0 amide bonds. The highest BCUT2D eigenvalue weighted by molar-refractivity contribution is 5.53. The number of rotatable bonds is 2. The Balaban J connectivity index is 1.88. The van der Waals surface area contributed by atoms with Gasteiger partial charge in [0.1, 0.15) is 11.8 Å². The molecule has 2 aromatic rings. The van der Waals surface area contributed by atoms with Gasteiger partial charge in [-0.3, -0.25) is 0 Å². The minimum Gasteiger partial charge on any atom is -0.366 e. The highest BCUT2D eigenvalue weighted by Crippen LogP contribution is 2.29. The Bertz CT molecular complexity index is 718. The van der Waals surface area contributed by atoms with E-state index in [2.05, 4.69) is 10.1 Å². The summed E-state index contributed by atoms with van der Waals surface area (Å²) in [7, 11) is 0. The molecule has 22 heavy (non-hydrogen) atoms. The average molecular weight is 306 g/mol. The Morgan fingerprint density at radius 3 is 2.68 bits per heavy atom. The van der Waals surface area contributed by atoms with E-state index in [1.54, 1.807) is 13.0 Å². The molecule has 1 aliphatic rings. The fraction of sp³-hybridized carbons (Fsp3) is 0.357. The first-order valence-electron chi connectivity index (χ1n) is 6.64. The minimum absolute atomic E-state index is 0.0580. The Hall–Kier alpha value is -2.53. The predicted molar refractivity (Wildman–Crippen MR) is 71.0 cm³/mol. The largest absolute Gasteiger partial charge is 0.366 e. The van der Waals surface area contributed by atoms with Crippen LogP contribution < -0.4 is 4.90 Å². The maximum atomic E-state index is 14.1. The summed E-state index contributed by atoms with van der Waals surface area (Å²) in [4.78, 5) is 5.59. The summed E-state index contributed by atoms with van der Waals surface area (Å²) in [6, 6.07) is 3.75. The van der Waals surface area contributed by atoms with Crippen molar-refractivity contribution in [2.24, 2.45) is 0 Å². The van der Waals surface area contributed by atoms with Gasteiger partial charge in [-0.05, 0) is 12.1 Å². The van der Waals surface area contributed by atoms with Gasteiger partial charge < -0.3 is 14.2 Å². The lowest BCUT2D eigenvalue weighted by Crippen LogP contribution is -2.39. The number of aromatic nitrogens is 2. The monoisotopic (exact) mass is 306 g/mol. The maximum Gasteiger partial charge on any atom is 0.223 e. The molecule has 0 radical (unpaired) electrons. The molecule has 0 aliphatic carbocycles. The smallest absolute Gasteiger partial charge is 0.223 e. The van der Waals surface area contributed by atoms with E-state index in [0.717, 1.165) is 12.1 Å². The summed E-state index contributed by atoms with van der Waals surface area (Å²) >= 11 is 0. The van der Waals surface area contributed by atoms with Crippen molar-refractivity contribution in [2.45, 2.75) is 13.0 Å². The van der Waals surface area contributed by atoms with Crippen LogP contribution in [0.2, 0.25) is 0 Å². The molecular formula is C14H12F2N4O2. The first-order valence-corrected chi connectivity index (χ1v) is 6.64. The molecule has 0 N–H and O–H groups in total. The number of hydrogen-bond donors (Lipinski definition) is 0. The number of nitriles is 1. The van der Waals surface area contributed by atoms with Crippen LogP contribution in [0.15, 0.2) is 16.7 Å². The molecular weight excluding hydrogens is 294 g/mol. The molecule has 2 heterocycles.